The van der Waals surface area contributed by atoms with Crippen LogP contribution >= 0.6 is 23.3 Å². The number of allylic oxidation sites excluding steroid dienone is 1. The van der Waals surface area contributed by atoms with Crippen molar-refractivity contribution in [2.24, 2.45) is 11.1 Å². The Bertz CT molecular complexity index is 1700. The average Bonchev–Trinajstić information content (AvgIpc) is 3.84. The molecule has 5 heterocycles. The average molecular weight is 734 g/mol. The molecular weight excluding hydrogens is 699 g/mol. The Balaban J connectivity index is 1.18. The van der Waals surface area contributed by atoms with Gasteiger partial charge in [-0.15, -0.1) is 11.8 Å². The maximum atomic E-state index is 13.2. The van der Waals surface area contributed by atoms with Crippen molar-refractivity contribution in [3.8, 4) is 0 Å². The second kappa shape index (κ2) is 15.3. The highest BCUT2D eigenvalue weighted by molar-refractivity contribution is 8.00. The predicted molar refractivity (Wildman–Crippen MR) is 176 cm³/mol. The number of carbonyl (C=O) groups excluding carboxylic acids is 5. The van der Waals surface area contributed by atoms with Crippen LogP contribution in [0.25, 0.3) is 0 Å². The van der Waals surface area contributed by atoms with Gasteiger partial charge < -0.3 is 41.6 Å². The molecule has 1 unspecified atom stereocenters. The van der Waals surface area contributed by atoms with Crippen LogP contribution in [0.3, 0.4) is 0 Å². The molecule has 3 saturated heterocycles. The first-order valence-corrected chi connectivity index (χ1v) is 17.4. The van der Waals surface area contributed by atoms with Gasteiger partial charge in [0.15, 0.2) is 0 Å². The van der Waals surface area contributed by atoms with E-state index in [9.17, 15) is 49.0 Å². The molecule has 4 aliphatic heterocycles. The molecule has 21 heteroatoms. The minimum absolute atomic E-state index is 0.0841. The van der Waals surface area contributed by atoms with Crippen molar-refractivity contribution in [2.75, 3.05) is 30.7 Å². The fraction of sp³-hybridized carbons (Fsp3) is 0.517. The van der Waals surface area contributed by atoms with E-state index in [0.717, 1.165) is 17.9 Å². The highest BCUT2D eigenvalue weighted by Crippen LogP contribution is 2.41. The molecule has 0 aliphatic carbocycles. The first kappa shape index (κ1) is 36.4. The van der Waals surface area contributed by atoms with Gasteiger partial charge in [-0.05, 0) is 37.0 Å². The minimum atomic E-state index is -1.36. The lowest BCUT2D eigenvalue weighted by Gasteiger charge is -2.49. The minimum Gasteiger partial charge on any atom is -0.480 e. The van der Waals surface area contributed by atoms with Crippen molar-refractivity contribution < 1.29 is 49.0 Å². The number of aromatic nitrogens is 2. The summed E-state index contributed by atoms with van der Waals surface area (Å²) in [7, 11) is 0. The van der Waals surface area contributed by atoms with Gasteiger partial charge in [0, 0.05) is 54.8 Å². The van der Waals surface area contributed by atoms with E-state index < -0.39 is 58.7 Å². The van der Waals surface area contributed by atoms with Gasteiger partial charge >= 0.3 is 11.9 Å². The number of carboxylic acids is 2. The van der Waals surface area contributed by atoms with Crippen molar-refractivity contribution in [2.45, 2.75) is 63.0 Å². The second-order valence-corrected chi connectivity index (χ2v) is 14.0. The quantitative estimate of drug-likeness (QED) is 0.0418. The molecule has 3 fully saturated rings. The Kier molecular flexibility index (Phi) is 11.2. The maximum absolute atomic E-state index is 13.2. The van der Waals surface area contributed by atoms with Crippen LogP contribution in [-0.2, 0) is 33.6 Å². The van der Waals surface area contributed by atoms with Gasteiger partial charge in [0.05, 0.1) is 0 Å². The lowest BCUT2D eigenvalue weighted by Crippen LogP contribution is -2.71. The molecule has 0 spiro atoms. The van der Waals surface area contributed by atoms with E-state index in [1.807, 2.05) is 0 Å². The molecule has 268 valence electrons. The number of aliphatic carboxylic acids is 2. The summed E-state index contributed by atoms with van der Waals surface area (Å²) in [5, 5.41) is 41.3. The Labute approximate surface area is 292 Å². The molecule has 1 aromatic rings. The number of amides is 5. The summed E-state index contributed by atoms with van der Waals surface area (Å²) in [6.45, 7) is 5.31. The molecule has 5 amide bonds. The first-order valence-electron chi connectivity index (χ1n) is 15.6. The van der Waals surface area contributed by atoms with Gasteiger partial charge in [0.1, 0.15) is 23.2 Å². The number of β-lactam (4-membered cyclic amide) rings is 1. The van der Waals surface area contributed by atoms with Crippen LogP contribution in [0.5, 0.6) is 0 Å². The van der Waals surface area contributed by atoms with Crippen LogP contribution in [0.1, 0.15) is 45.4 Å². The number of rotatable bonds is 13. The lowest BCUT2D eigenvalue weighted by atomic mass is 10.0. The van der Waals surface area contributed by atoms with Crippen molar-refractivity contribution in [1.82, 2.24) is 35.1 Å². The van der Waals surface area contributed by atoms with E-state index in [0.29, 0.717) is 42.2 Å². The van der Waals surface area contributed by atoms with E-state index >= 15 is 0 Å². The summed E-state index contributed by atoms with van der Waals surface area (Å²) in [5.74, 6) is -6.37. The van der Waals surface area contributed by atoms with Crippen LogP contribution in [0, 0.1) is 5.92 Å². The summed E-state index contributed by atoms with van der Waals surface area (Å²) >= 11 is 1.84. The van der Waals surface area contributed by atoms with Gasteiger partial charge in [0.2, 0.25) is 34.4 Å². The number of likely N-dealkylation sites (tertiary alicyclic amines) is 1. The number of hydrogen-bond acceptors (Lipinski definition) is 14. The Hall–Kier alpha value is -4.89. The fourth-order valence-electron chi connectivity index (χ4n) is 5.93. The van der Waals surface area contributed by atoms with Crippen LogP contribution in [0.4, 0.5) is 5.13 Å². The number of nitrogens with zero attached hydrogens (tertiary/aromatic N) is 5. The summed E-state index contributed by atoms with van der Waals surface area (Å²) in [4.78, 5) is 94.2. The molecule has 19 nitrogen and oxygen atoms in total. The lowest BCUT2D eigenvalue weighted by molar-refractivity contribution is -0.150. The Morgan fingerprint density at radius 1 is 1.14 bits per heavy atom. The normalized spacial score (nSPS) is 23.5. The summed E-state index contributed by atoms with van der Waals surface area (Å²) in [6, 6.07) is -2.20. The zero-order valence-electron chi connectivity index (χ0n) is 26.9. The van der Waals surface area contributed by atoms with E-state index in [1.54, 1.807) is 24.8 Å². The highest BCUT2D eigenvalue weighted by Gasteiger charge is 2.54. The monoisotopic (exact) mass is 733 g/mol. The molecule has 5 rings (SSSR count). The van der Waals surface area contributed by atoms with E-state index in [2.05, 4.69) is 35.8 Å². The number of hydrogen-bond donors (Lipinski definition) is 7. The van der Waals surface area contributed by atoms with E-state index in [4.69, 9.17) is 0 Å². The Morgan fingerprint density at radius 3 is 2.52 bits per heavy atom. The molecular formula is C29H35N9O10S2. The zero-order chi connectivity index (χ0) is 36.3. The number of nitrogens with one attached hydrogen (secondary N) is 4. The SMILES string of the molecule is CC(C)[C@H](NC(=O)CCC(=O)Nc1nc(/C(=N\O)C(=O)N[C@@H]2C(=O)N3C(C(=O)O)=C(/C=C4\CCN(C5CCNC5)C4=O)CS[C@H]23)ns1)C(=O)O. The fourth-order valence-corrected chi connectivity index (χ4v) is 7.82. The number of anilines is 1. The van der Waals surface area contributed by atoms with Gasteiger partial charge in [0.25, 0.3) is 11.8 Å². The van der Waals surface area contributed by atoms with Crippen molar-refractivity contribution in [3.05, 3.63) is 28.7 Å². The summed E-state index contributed by atoms with van der Waals surface area (Å²) < 4.78 is 3.91. The van der Waals surface area contributed by atoms with Gasteiger partial charge in [-0.3, -0.25) is 28.9 Å². The number of oxime groups is 1. The Morgan fingerprint density at radius 2 is 1.88 bits per heavy atom. The number of fused-ring (bicyclic) bond motifs is 1. The molecule has 0 radical (unpaired) electrons. The van der Waals surface area contributed by atoms with E-state index in [-0.39, 0.29) is 53.1 Å². The first-order chi connectivity index (χ1) is 23.8. The molecule has 4 aliphatic rings. The topological polar surface area (TPSA) is 273 Å². The number of carbonyl (C=O) groups is 7. The van der Waals surface area contributed by atoms with Crippen molar-refractivity contribution >= 4 is 75.6 Å². The van der Waals surface area contributed by atoms with Crippen LogP contribution < -0.4 is 21.3 Å². The highest BCUT2D eigenvalue weighted by atomic mass is 32.2. The van der Waals surface area contributed by atoms with Crippen LogP contribution in [0.2, 0.25) is 0 Å². The molecule has 50 heavy (non-hydrogen) atoms. The molecule has 0 saturated carbocycles. The third kappa shape index (κ3) is 7.63. The number of carboxylic acid groups (broad SMARTS) is 2. The standard InChI is InChI=1S/C29H35N9O10S2/c1-12(2)18(27(44)45)31-16(39)3-4-17(40)32-29-34-22(36-50-29)19(35-48)23(41)33-20-25(43)38-21(28(46)47)14(11-49-26(20)38)9-13-6-8-37(24(13)42)15-5-7-30-10-15/h9,12,15,18,20,26,30,48H,3-8,10-11H2,1-2H3,(H,31,39)(H,33,41)(H,44,45)(H,46,47)(H,32,34,36,40)/b13-9+,35-19+/t15?,18-,20+,26+/m0/s1. The van der Waals surface area contributed by atoms with Gasteiger partial charge in [-0.1, -0.05) is 19.0 Å². The largest absolute Gasteiger partial charge is 0.480 e. The summed E-state index contributed by atoms with van der Waals surface area (Å²) in [6.07, 6.45) is 2.22. The summed E-state index contributed by atoms with van der Waals surface area (Å²) in [5.41, 5.74) is -0.171. The van der Waals surface area contributed by atoms with Crippen molar-refractivity contribution in [3.63, 3.8) is 0 Å². The van der Waals surface area contributed by atoms with Gasteiger partial charge in [-0.2, -0.15) is 9.36 Å². The zero-order valence-corrected chi connectivity index (χ0v) is 28.5. The van der Waals surface area contributed by atoms with Crippen molar-refractivity contribution in [1.29, 1.82) is 0 Å². The molecule has 0 bridgehead atoms. The second-order valence-electron chi connectivity index (χ2n) is 12.2. The van der Waals surface area contributed by atoms with E-state index in [1.165, 1.54) is 11.8 Å². The predicted octanol–water partition coefficient (Wildman–Crippen LogP) is -1.08. The van der Waals surface area contributed by atoms with Crippen LogP contribution in [0.15, 0.2) is 28.1 Å². The van der Waals surface area contributed by atoms with Gasteiger partial charge in [-0.25, -0.2) is 9.59 Å². The maximum Gasteiger partial charge on any atom is 0.352 e. The molecule has 4 atom stereocenters. The molecule has 0 aromatic carbocycles. The molecule has 1 aromatic heterocycles. The number of thioether (sulfide) groups is 1. The third-order valence-electron chi connectivity index (χ3n) is 8.50. The third-order valence-corrected chi connectivity index (χ3v) is 10.4. The smallest absolute Gasteiger partial charge is 0.352 e. The molecule has 7 N–H and O–H groups in total. The van der Waals surface area contributed by atoms with Crippen LogP contribution in [-0.4, -0.2) is 131 Å².